The van der Waals surface area contributed by atoms with Gasteiger partial charge in [0.15, 0.2) is 0 Å². The van der Waals surface area contributed by atoms with Crippen LogP contribution in [0.25, 0.3) is 4.96 Å². The summed E-state index contributed by atoms with van der Waals surface area (Å²) in [6, 6.07) is 5.12. The number of halogens is 1. The molecule has 0 aliphatic rings. The number of amides is 1. The fraction of sp³-hybridized carbons (Fsp3) is 0.312. The molecule has 3 aromatic rings. The van der Waals surface area contributed by atoms with Crippen LogP contribution in [0.3, 0.4) is 0 Å². The van der Waals surface area contributed by atoms with Crippen LogP contribution in [0.1, 0.15) is 41.0 Å². The first kappa shape index (κ1) is 16.7. The Labute approximate surface area is 148 Å². The summed E-state index contributed by atoms with van der Waals surface area (Å²) in [6.45, 7) is 5.99. The highest BCUT2D eigenvalue weighted by Gasteiger charge is 2.21. The zero-order valence-electron chi connectivity index (χ0n) is 13.8. The molecule has 3 rings (SSSR count). The third kappa shape index (κ3) is 2.85. The van der Waals surface area contributed by atoms with Gasteiger partial charge in [0.2, 0.25) is 4.96 Å². The molecule has 8 heteroatoms. The van der Waals surface area contributed by atoms with E-state index in [0.29, 0.717) is 26.3 Å². The van der Waals surface area contributed by atoms with E-state index in [0.717, 1.165) is 11.5 Å². The number of benzene rings is 1. The second kappa shape index (κ2) is 6.41. The van der Waals surface area contributed by atoms with Gasteiger partial charge in [-0.2, -0.15) is 0 Å². The number of methoxy groups -OCH3 is 1. The van der Waals surface area contributed by atoms with E-state index in [4.69, 9.17) is 16.3 Å². The molecule has 0 bridgehead atoms. The third-order valence-corrected chi connectivity index (χ3v) is 5.08. The zero-order valence-corrected chi connectivity index (χ0v) is 15.3. The topological polar surface area (TPSA) is 68.5 Å². The number of hydrogen-bond acceptors (Lipinski definition) is 5. The lowest BCUT2D eigenvalue weighted by Gasteiger charge is -2.08. The summed E-state index contributed by atoms with van der Waals surface area (Å²) in [6.07, 6.45) is 0. The van der Waals surface area contributed by atoms with Crippen LogP contribution in [-0.4, -0.2) is 27.6 Å². The SMILES string of the molecule is COc1ccc(NC(=O)c2sc3nnc(C(C)C)n3c2C)cc1Cl. The molecular formula is C16H17ClN4O2S. The minimum atomic E-state index is -0.195. The lowest BCUT2D eigenvalue weighted by molar-refractivity contribution is 0.102. The second-order valence-corrected chi connectivity index (χ2v) is 7.04. The number of carbonyl (C=O) groups is 1. The summed E-state index contributed by atoms with van der Waals surface area (Å²) in [5.41, 5.74) is 1.44. The number of aromatic nitrogens is 3. The van der Waals surface area contributed by atoms with Gasteiger partial charge in [-0.3, -0.25) is 9.20 Å². The first-order valence-electron chi connectivity index (χ1n) is 7.41. The highest BCUT2D eigenvalue weighted by atomic mass is 35.5. The van der Waals surface area contributed by atoms with E-state index in [-0.39, 0.29) is 11.8 Å². The molecule has 0 fully saturated rings. The third-order valence-electron chi connectivity index (χ3n) is 3.65. The molecule has 6 nitrogen and oxygen atoms in total. The van der Waals surface area contributed by atoms with E-state index in [2.05, 4.69) is 15.5 Å². The number of nitrogens with zero attached hydrogens (tertiary/aromatic N) is 3. The van der Waals surface area contributed by atoms with Crippen LogP contribution in [0.15, 0.2) is 18.2 Å². The van der Waals surface area contributed by atoms with Crippen molar-refractivity contribution in [3.63, 3.8) is 0 Å². The Morgan fingerprint density at radius 2 is 2.12 bits per heavy atom. The van der Waals surface area contributed by atoms with Crippen molar-refractivity contribution >= 4 is 39.5 Å². The van der Waals surface area contributed by atoms with Crippen LogP contribution in [-0.2, 0) is 0 Å². The standard InChI is InChI=1S/C16H17ClN4O2S/c1-8(2)14-19-20-16-21(14)9(3)13(24-16)15(22)18-10-5-6-12(23-4)11(17)7-10/h5-8H,1-4H3,(H,18,22). The molecule has 2 aromatic heterocycles. The van der Waals surface area contributed by atoms with E-state index in [9.17, 15) is 4.79 Å². The lowest BCUT2D eigenvalue weighted by Crippen LogP contribution is -2.12. The molecular weight excluding hydrogens is 348 g/mol. The number of aryl methyl sites for hydroxylation is 1. The van der Waals surface area contributed by atoms with E-state index in [1.807, 2.05) is 25.2 Å². The highest BCUT2D eigenvalue weighted by Crippen LogP contribution is 2.29. The minimum absolute atomic E-state index is 0.195. The Bertz CT molecular complexity index is 916. The number of nitrogens with one attached hydrogen (secondary N) is 1. The minimum Gasteiger partial charge on any atom is -0.495 e. The van der Waals surface area contributed by atoms with Crippen molar-refractivity contribution in [2.45, 2.75) is 26.7 Å². The fourth-order valence-corrected chi connectivity index (χ4v) is 3.67. The van der Waals surface area contributed by atoms with E-state index < -0.39 is 0 Å². The molecule has 0 radical (unpaired) electrons. The number of carbonyl (C=O) groups excluding carboxylic acids is 1. The van der Waals surface area contributed by atoms with Crippen molar-refractivity contribution in [1.82, 2.24) is 14.6 Å². The molecule has 2 heterocycles. The van der Waals surface area contributed by atoms with Gasteiger partial charge >= 0.3 is 0 Å². The number of thiazole rings is 1. The predicted octanol–water partition coefficient (Wildman–Crippen LogP) is 4.14. The predicted molar refractivity (Wildman–Crippen MR) is 95.6 cm³/mol. The van der Waals surface area contributed by atoms with Gasteiger partial charge in [-0.15, -0.1) is 10.2 Å². The van der Waals surface area contributed by atoms with Gasteiger partial charge < -0.3 is 10.1 Å². The molecule has 0 atom stereocenters. The van der Waals surface area contributed by atoms with Crippen molar-refractivity contribution in [2.75, 3.05) is 12.4 Å². The highest BCUT2D eigenvalue weighted by molar-refractivity contribution is 7.19. The van der Waals surface area contributed by atoms with E-state index in [1.54, 1.807) is 25.3 Å². The Morgan fingerprint density at radius 3 is 2.75 bits per heavy atom. The average Bonchev–Trinajstić information content (AvgIpc) is 3.08. The molecule has 24 heavy (non-hydrogen) atoms. The number of rotatable bonds is 4. The van der Waals surface area contributed by atoms with Gasteiger partial charge in [0, 0.05) is 17.3 Å². The van der Waals surface area contributed by atoms with Crippen LogP contribution >= 0.6 is 22.9 Å². The molecule has 1 amide bonds. The molecule has 0 unspecified atom stereocenters. The van der Waals surface area contributed by atoms with Crippen LogP contribution < -0.4 is 10.1 Å². The van der Waals surface area contributed by atoms with E-state index >= 15 is 0 Å². The van der Waals surface area contributed by atoms with Crippen LogP contribution in [0.4, 0.5) is 5.69 Å². The van der Waals surface area contributed by atoms with Crippen molar-refractivity contribution in [1.29, 1.82) is 0 Å². The van der Waals surface area contributed by atoms with Gasteiger partial charge in [-0.25, -0.2) is 0 Å². The fourth-order valence-electron chi connectivity index (χ4n) is 2.45. The molecule has 0 spiro atoms. The number of anilines is 1. The average molecular weight is 365 g/mol. The molecule has 1 aromatic carbocycles. The summed E-state index contributed by atoms with van der Waals surface area (Å²) >= 11 is 7.42. The Morgan fingerprint density at radius 1 is 1.38 bits per heavy atom. The molecule has 0 aliphatic carbocycles. The monoisotopic (exact) mass is 364 g/mol. The van der Waals surface area contributed by atoms with Crippen LogP contribution in [0, 0.1) is 6.92 Å². The largest absolute Gasteiger partial charge is 0.495 e. The maximum atomic E-state index is 12.6. The summed E-state index contributed by atoms with van der Waals surface area (Å²) in [7, 11) is 1.55. The van der Waals surface area contributed by atoms with E-state index in [1.165, 1.54) is 11.3 Å². The first-order valence-corrected chi connectivity index (χ1v) is 8.61. The van der Waals surface area contributed by atoms with Crippen molar-refractivity contribution < 1.29 is 9.53 Å². The Balaban J connectivity index is 1.91. The number of fused-ring (bicyclic) bond motifs is 1. The molecule has 0 saturated heterocycles. The maximum absolute atomic E-state index is 12.6. The van der Waals surface area contributed by atoms with Gasteiger partial charge in [0.05, 0.1) is 12.1 Å². The van der Waals surface area contributed by atoms with Gasteiger partial charge in [-0.05, 0) is 25.1 Å². The van der Waals surface area contributed by atoms with Crippen LogP contribution in [0.5, 0.6) is 5.75 Å². The Kier molecular flexibility index (Phi) is 4.47. The van der Waals surface area contributed by atoms with Crippen molar-refractivity contribution in [3.05, 3.63) is 39.6 Å². The number of ether oxygens (including phenoxy) is 1. The second-order valence-electron chi connectivity index (χ2n) is 5.65. The van der Waals surface area contributed by atoms with Gasteiger partial charge in [0.1, 0.15) is 16.5 Å². The number of hydrogen-bond donors (Lipinski definition) is 1. The Hall–Kier alpha value is -2.12. The first-order chi connectivity index (χ1) is 11.4. The molecule has 0 saturated carbocycles. The smallest absolute Gasteiger partial charge is 0.267 e. The zero-order chi connectivity index (χ0) is 17.4. The van der Waals surface area contributed by atoms with Crippen molar-refractivity contribution in [3.8, 4) is 5.75 Å². The summed E-state index contributed by atoms with van der Waals surface area (Å²) < 4.78 is 7.05. The lowest BCUT2D eigenvalue weighted by atomic mass is 10.2. The summed E-state index contributed by atoms with van der Waals surface area (Å²) in [5, 5.41) is 11.7. The van der Waals surface area contributed by atoms with Crippen molar-refractivity contribution in [2.24, 2.45) is 0 Å². The van der Waals surface area contributed by atoms with Gasteiger partial charge in [0.25, 0.3) is 5.91 Å². The maximum Gasteiger partial charge on any atom is 0.267 e. The molecule has 0 aliphatic heterocycles. The van der Waals surface area contributed by atoms with Crippen LogP contribution in [0.2, 0.25) is 5.02 Å². The normalized spacial score (nSPS) is 11.2. The van der Waals surface area contributed by atoms with Gasteiger partial charge in [-0.1, -0.05) is 36.8 Å². The summed E-state index contributed by atoms with van der Waals surface area (Å²) in [4.78, 5) is 13.9. The molecule has 126 valence electrons. The quantitative estimate of drug-likeness (QED) is 0.755. The molecule has 1 N–H and O–H groups in total. The summed E-state index contributed by atoms with van der Waals surface area (Å²) in [5.74, 6) is 1.45.